The van der Waals surface area contributed by atoms with Crippen molar-refractivity contribution in [3.8, 4) is 0 Å². The standard InChI is InChI=1S/C12H27N3.HI/c1-5-8-9-10-11(4)15-12(13-6-2)14-7-3;/h11H,5-10H2,1-4H3,(H2,13,14,15);1H. The lowest BCUT2D eigenvalue weighted by Gasteiger charge is -2.17. The van der Waals surface area contributed by atoms with E-state index in [0.717, 1.165) is 19.0 Å². The third-order valence-corrected chi connectivity index (χ3v) is 2.28. The van der Waals surface area contributed by atoms with Gasteiger partial charge in [-0.15, -0.1) is 24.0 Å². The van der Waals surface area contributed by atoms with Crippen LogP contribution >= 0.6 is 24.0 Å². The molecule has 1 unspecified atom stereocenters. The molecule has 16 heavy (non-hydrogen) atoms. The summed E-state index contributed by atoms with van der Waals surface area (Å²) >= 11 is 0. The summed E-state index contributed by atoms with van der Waals surface area (Å²) in [6.45, 7) is 10.4. The van der Waals surface area contributed by atoms with Gasteiger partial charge in [0.2, 0.25) is 0 Å². The number of hydrogen-bond acceptors (Lipinski definition) is 1. The van der Waals surface area contributed by atoms with Crippen molar-refractivity contribution in [1.29, 1.82) is 0 Å². The zero-order chi connectivity index (χ0) is 11.5. The second-order valence-electron chi connectivity index (χ2n) is 3.89. The van der Waals surface area contributed by atoms with Crippen molar-refractivity contribution < 1.29 is 0 Å². The highest BCUT2D eigenvalue weighted by atomic mass is 127. The number of rotatable bonds is 7. The molecule has 0 aromatic carbocycles. The Kier molecular flexibility index (Phi) is 15.0. The van der Waals surface area contributed by atoms with Crippen LogP contribution in [0.25, 0.3) is 0 Å². The number of hydrogen-bond donors (Lipinski definition) is 2. The number of nitrogens with zero attached hydrogens (tertiary/aromatic N) is 1. The lowest BCUT2D eigenvalue weighted by Crippen LogP contribution is -2.42. The minimum absolute atomic E-state index is 0. The summed E-state index contributed by atoms with van der Waals surface area (Å²) in [6.07, 6.45) is 5.14. The van der Waals surface area contributed by atoms with Crippen molar-refractivity contribution in [2.45, 2.75) is 59.4 Å². The molecular formula is C12H28IN3. The molecule has 2 N–H and O–H groups in total. The molecule has 98 valence electrons. The highest BCUT2D eigenvalue weighted by Crippen LogP contribution is 2.02. The van der Waals surface area contributed by atoms with Crippen LogP contribution in [-0.4, -0.2) is 25.1 Å². The topological polar surface area (TPSA) is 36.4 Å². The zero-order valence-electron chi connectivity index (χ0n) is 11.2. The van der Waals surface area contributed by atoms with Crippen molar-refractivity contribution >= 4 is 29.9 Å². The van der Waals surface area contributed by atoms with Gasteiger partial charge in [0.1, 0.15) is 0 Å². The van der Waals surface area contributed by atoms with Gasteiger partial charge in [0.25, 0.3) is 0 Å². The van der Waals surface area contributed by atoms with Crippen molar-refractivity contribution in [1.82, 2.24) is 10.6 Å². The normalized spacial score (nSPS) is 12.9. The fourth-order valence-corrected chi connectivity index (χ4v) is 1.48. The van der Waals surface area contributed by atoms with E-state index < -0.39 is 0 Å². The van der Waals surface area contributed by atoms with E-state index in [4.69, 9.17) is 0 Å². The smallest absolute Gasteiger partial charge is 0.191 e. The molecular weight excluding hydrogens is 313 g/mol. The van der Waals surface area contributed by atoms with Crippen molar-refractivity contribution in [2.75, 3.05) is 13.1 Å². The van der Waals surface area contributed by atoms with Crippen LogP contribution in [0.4, 0.5) is 0 Å². The molecule has 0 radical (unpaired) electrons. The van der Waals surface area contributed by atoms with Crippen LogP contribution in [0, 0.1) is 0 Å². The molecule has 0 aliphatic carbocycles. The highest BCUT2D eigenvalue weighted by molar-refractivity contribution is 14.0. The van der Waals surface area contributed by atoms with E-state index in [-0.39, 0.29) is 24.0 Å². The predicted molar refractivity (Wildman–Crippen MR) is 83.8 cm³/mol. The Morgan fingerprint density at radius 3 is 2.38 bits per heavy atom. The number of halogens is 1. The average Bonchev–Trinajstić information content (AvgIpc) is 2.19. The van der Waals surface area contributed by atoms with Gasteiger partial charge >= 0.3 is 0 Å². The summed E-state index contributed by atoms with van der Waals surface area (Å²) in [6, 6.07) is 0.515. The molecule has 0 rings (SSSR count). The highest BCUT2D eigenvalue weighted by Gasteiger charge is 2.03. The Balaban J connectivity index is 0. The lowest BCUT2D eigenvalue weighted by atomic mass is 10.1. The summed E-state index contributed by atoms with van der Waals surface area (Å²) in [4.78, 5) is 4.38. The largest absolute Gasteiger partial charge is 0.357 e. The minimum atomic E-state index is 0. The maximum Gasteiger partial charge on any atom is 0.191 e. The first-order valence-electron chi connectivity index (χ1n) is 6.29. The molecule has 0 amide bonds. The molecule has 3 nitrogen and oxygen atoms in total. The zero-order valence-corrected chi connectivity index (χ0v) is 13.5. The molecule has 0 fully saturated rings. The van der Waals surface area contributed by atoms with E-state index >= 15 is 0 Å². The monoisotopic (exact) mass is 341 g/mol. The van der Waals surface area contributed by atoms with Gasteiger partial charge in [0.15, 0.2) is 5.96 Å². The average molecular weight is 341 g/mol. The maximum absolute atomic E-state index is 4.38. The van der Waals surface area contributed by atoms with E-state index in [1.54, 1.807) is 0 Å². The van der Waals surface area contributed by atoms with E-state index in [1.807, 2.05) is 0 Å². The molecule has 0 aliphatic rings. The van der Waals surface area contributed by atoms with Crippen LogP contribution in [0.2, 0.25) is 0 Å². The van der Waals surface area contributed by atoms with Crippen LogP contribution in [0.5, 0.6) is 0 Å². The molecule has 0 bridgehead atoms. The Hall–Kier alpha value is 0. The van der Waals surface area contributed by atoms with Gasteiger partial charge in [-0.05, 0) is 27.2 Å². The van der Waals surface area contributed by atoms with Crippen LogP contribution in [-0.2, 0) is 0 Å². The second kappa shape index (κ2) is 13.1. The Morgan fingerprint density at radius 2 is 1.88 bits per heavy atom. The second-order valence-corrected chi connectivity index (χ2v) is 3.89. The molecule has 0 saturated heterocycles. The van der Waals surface area contributed by atoms with E-state index in [2.05, 4.69) is 43.3 Å². The molecule has 0 heterocycles. The third-order valence-electron chi connectivity index (χ3n) is 2.28. The first kappa shape index (κ1) is 18.4. The number of aliphatic imine (C=N–C) groups is 1. The Morgan fingerprint density at radius 1 is 1.19 bits per heavy atom. The van der Waals surface area contributed by atoms with Crippen LogP contribution < -0.4 is 10.6 Å². The van der Waals surface area contributed by atoms with Crippen molar-refractivity contribution in [2.24, 2.45) is 4.99 Å². The number of nitrogens with one attached hydrogen (secondary N) is 2. The molecule has 4 heteroatoms. The third kappa shape index (κ3) is 10.5. The van der Waals surface area contributed by atoms with Gasteiger partial charge < -0.3 is 10.6 Å². The van der Waals surface area contributed by atoms with Gasteiger partial charge in [-0.1, -0.05) is 26.2 Å². The maximum atomic E-state index is 4.38. The molecule has 0 aromatic heterocycles. The van der Waals surface area contributed by atoms with Gasteiger partial charge in [-0.25, -0.2) is 0 Å². The summed E-state index contributed by atoms with van der Waals surface area (Å²) in [5, 5.41) is 6.66. The summed E-state index contributed by atoms with van der Waals surface area (Å²) in [5.74, 6) is 0.948. The van der Waals surface area contributed by atoms with E-state index in [0.29, 0.717) is 6.04 Å². The first-order chi connectivity index (χ1) is 7.24. The lowest BCUT2D eigenvalue weighted by molar-refractivity contribution is 0.547. The first-order valence-corrected chi connectivity index (χ1v) is 6.29. The molecule has 0 aromatic rings. The van der Waals surface area contributed by atoms with E-state index in [1.165, 1.54) is 25.7 Å². The SMILES string of the molecule is CCCCCC(C)NC(=NCC)NCC.I. The summed E-state index contributed by atoms with van der Waals surface area (Å²) in [5.41, 5.74) is 0. The predicted octanol–water partition coefficient (Wildman–Crippen LogP) is 3.15. The summed E-state index contributed by atoms with van der Waals surface area (Å²) in [7, 11) is 0. The van der Waals surface area contributed by atoms with Gasteiger partial charge in [-0.2, -0.15) is 0 Å². The van der Waals surface area contributed by atoms with E-state index in [9.17, 15) is 0 Å². The van der Waals surface area contributed by atoms with Gasteiger partial charge in [0, 0.05) is 19.1 Å². The van der Waals surface area contributed by atoms with Crippen LogP contribution in [0.15, 0.2) is 4.99 Å². The van der Waals surface area contributed by atoms with Gasteiger partial charge in [-0.3, -0.25) is 4.99 Å². The molecule has 0 spiro atoms. The minimum Gasteiger partial charge on any atom is -0.357 e. The molecule has 1 atom stereocenters. The number of guanidine groups is 1. The van der Waals surface area contributed by atoms with Gasteiger partial charge in [0.05, 0.1) is 0 Å². The fraction of sp³-hybridized carbons (Fsp3) is 0.917. The van der Waals surface area contributed by atoms with Crippen molar-refractivity contribution in [3.05, 3.63) is 0 Å². The molecule has 0 saturated carbocycles. The summed E-state index contributed by atoms with van der Waals surface area (Å²) < 4.78 is 0. The Bertz CT molecular complexity index is 172. The van der Waals surface area contributed by atoms with Crippen LogP contribution in [0.3, 0.4) is 0 Å². The van der Waals surface area contributed by atoms with Crippen molar-refractivity contribution in [3.63, 3.8) is 0 Å². The molecule has 0 aliphatic heterocycles. The fourth-order valence-electron chi connectivity index (χ4n) is 1.48. The van der Waals surface area contributed by atoms with Crippen LogP contribution in [0.1, 0.15) is 53.4 Å². The quantitative estimate of drug-likeness (QED) is 0.323. The number of unbranched alkanes of at least 4 members (excludes halogenated alkanes) is 2. The Labute approximate surface area is 118 Å².